The van der Waals surface area contributed by atoms with Gasteiger partial charge in [-0.2, -0.15) is 5.26 Å². The molecule has 1 amide bonds. The zero-order valence-electron chi connectivity index (χ0n) is 13.8. The Bertz CT molecular complexity index is 982. The number of nitrogens with zero attached hydrogens (tertiary/aromatic N) is 3. The summed E-state index contributed by atoms with van der Waals surface area (Å²) in [5.41, 5.74) is 1.70. The highest BCUT2D eigenvalue weighted by atomic mass is 16.4. The minimum Gasteiger partial charge on any atom is -0.408 e. The van der Waals surface area contributed by atoms with Crippen molar-refractivity contribution >= 4 is 22.7 Å². The summed E-state index contributed by atoms with van der Waals surface area (Å²) in [5, 5.41) is 8.89. The van der Waals surface area contributed by atoms with Crippen LogP contribution >= 0.6 is 0 Å². The molecule has 0 fully saturated rings. The van der Waals surface area contributed by atoms with Gasteiger partial charge >= 0.3 is 5.76 Å². The summed E-state index contributed by atoms with van der Waals surface area (Å²) in [6.45, 7) is 1.92. The second-order valence-electron chi connectivity index (χ2n) is 5.62. The van der Waals surface area contributed by atoms with Gasteiger partial charge in [-0.05, 0) is 31.2 Å². The summed E-state index contributed by atoms with van der Waals surface area (Å²) >= 11 is 0. The van der Waals surface area contributed by atoms with E-state index in [0.29, 0.717) is 16.8 Å². The van der Waals surface area contributed by atoms with Gasteiger partial charge in [0.25, 0.3) is 0 Å². The summed E-state index contributed by atoms with van der Waals surface area (Å²) in [6, 6.07) is 17.4. The van der Waals surface area contributed by atoms with Gasteiger partial charge in [0.15, 0.2) is 5.58 Å². The molecule has 0 radical (unpaired) electrons. The molecule has 0 saturated carbocycles. The zero-order chi connectivity index (χ0) is 17.8. The third-order valence-corrected chi connectivity index (χ3v) is 4.04. The summed E-state index contributed by atoms with van der Waals surface area (Å²) in [7, 11) is 0. The van der Waals surface area contributed by atoms with Crippen LogP contribution in [-0.2, 0) is 4.79 Å². The average molecular weight is 335 g/mol. The summed E-state index contributed by atoms with van der Waals surface area (Å²) in [5.74, 6) is -0.842. The molecular formula is C19H17N3O3. The van der Waals surface area contributed by atoms with E-state index >= 15 is 0 Å². The number of carbonyl (C=O) groups excluding carboxylic acids is 1. The highest BCUT2D eigenvalue weighted by Crippen LogP contribution is 2.22. The van der Waals surface area contributed by atoms with Crippen molar-refractivity contribution in [2.45, 2.75) is 19.4 Å². The third-order valence-electron chi connectivity index (χ3n) is 4.04. The molecule has 6 heteroatoms. The molecule has 3 aromatic rings. The average Bonchev–Trinajstić information content (AvgIpc) is 2.97. The first-order valence-electron chi connectivity index (χ1n) is 7.97. The fraction of sp³-hybridized carbons (Fsp3) is 0.211. The fourth-order valence-corrected chi connectivity index (χ4v) is 2.82. The summed E-state index contributed by atoms with van der Waals surface area (Å²) in [4.78, 5) is 26.8. The molecule has 1 atom stereocenters. The van der Waals surface area contributed by atoms with Crippen LogP contribution in [0.4, 0.5) is 5.69 Å². The van der Waals surface area contributed by atoms with Crippen molar-refractivity contribution in [1.82, 2.24) is 4.57 Å². The number of benzene rings is 2. The molecule has 1 unspecified atom stereocenters. The van der Waals surface area contributed by atoms with E-state index < -0.39 is 11.8 Å². The van der Waals surface area contributed by atoms with Crippen molar-refractivity contribution < 1.29 is 9.21 Å². The zero-order valence-corrected chi connectivity index (χ0v) is 13.8. The van der Waals surface area contributed by atoms with Crippen molar-refractivity contribution in [3.8, 4) is 6.07 Å². The van der Waals surface area contributed by atoms with Gasteiger partial charge in [-0.1, -0.05) is 30.3 Å². The maximum Gasteiger partial charge on any atom is 0.420 e. The standard InChI is InChI=1S/C19H17N3O3/c1-14(22-16-10-5-6-11-17(16)25-19(22)24)18(23)21(13-7-12-20)15-8-3-2-4-9-15/h2-6,8-11,14H,7,13H2,1H3. The van der Waals surface area contributed by atoms with Gasteiger partial charge in [0.1, 0.15) is 6.04 Å². The van der Waals surface area contributed by atoms with Gasteiger partial charge in [0.05, 0.1) is 18.0 Å². The number of nitriles is 1. The lowest BCUT2D eigenvalue weighted by molar-refractivity contribution is -0.121. The number of oxazole rings is 1. The van der Waals surface area contributed by atoms with Crippen molar-refractivity contribution in [1.29, 1.82) is 5.26 Å². The molecule has 0 aliphatic heterocycles. The van der Waals surface area contributed by atoms with Crippen LogP contribution in [0.25, 0.3) is 11.1 Å². The Morgan fingerprint density at radius 3 is 2.60 bits per heavy atom. The van der Waals surface area contributed by atoms with Crippen LogP contribution in [0.1, 0.15) is 19.4 Å². The lowest BCUT2D eigenvalue weighted by Crippen LogP contribution is -2.39. The second-order valence-corrected chi connectivity index (χ2v) is 5.62. The van der Waals surface area contributed by atoms with Gasteiger partial charge in [-0.25, -0.2) is 4.79 Å². The maximum absolute atomic E-state index is 13.1. The molecule has 0 N–H and O–H groups in total. The highest BCUT2D eigenvalue weighted by molar-refractivity contribution is 5.96. The Kier molecular flexibility index (Phi) is 4.66. The first kappa shape index (κ1) is 16.5. The molecule has 6 nitrogen and oxygen atoms in total. The molecule has 25 heavy (non-hydrogen) atoms. The normalized spacial score (nSPS) is 11.8. The molecular weight excluding hydrogens is 318 g/mol. The predicted molar refractivity (Wildman–Crippen MR) is 94.2 cm³/mol. The topological polar surface area (TPSA) is 79.2 Å². The molecule has 0 saturated heterocycles. The molecule has 1 heterocycles. The molecule has 126 valence electrons. The van der Waals surface area contributed by atoms with E-state index in [1.165, 1.54) is 9.47 Å². The van der Waals surface area contributed by atoms with Gasteiger partial charge in [-0.15, -0.1) is 0 Å². The van der Waals surface area contributed by atoms with Crippen molar-refractivity contribution in [2.24, 2.45) is 0 Å². The molecule has 3 rings (SSSR count). The first-order chi connectivity index (χ1) is 12.1. The molecule has 2 aromatic carbocycles. The number of anilines is 1. The SMILES string of the molecule is CC(C(=O)N(CCC#N)c1ccccc1)n1c(=O)oc2ccccc21. The van der Waals surface area contributed by atoms with E-state index in [-0.39, 0.29) is 18.9 Å². The number of rotatable bonds is 5. The molecule has 1 aromatic heterocycles. The number of hydrogen-bond acceptors (Lipinski definition) is 4. The maximum atomic E-state index is 13.1. The first-order valence-corrected chi connectivity index (χ1v) is 7.97. The van der Waals surface area contributed by atoms with E-state index in [9.17, 15) is 9.59 Å². The number of amides is 1. The van der Waals surface area contributed by atoms with E-state index in [1.54, 1.807) is 43.3 Å². The predicted octanol–water partition coefficient (Wildman–Crippen LogP) is 3.10. The monoisotopic (exact) mass is 335 g/mol. The van der Waals surface area contributed by atoms with E-state index in [0.717, 1.165) is 0 Å². The summed E-state index contributed by atoms with van der Waals surface area (Å²) in [6.07, 6.45) is 0.203. The third kappa shape index (κ3) is 3.17. The van der Waals surface area contributed by atoms with Crippen molar-refractivity contribution in [3.05, 3.63) is 65.1 Å². The fourth-order valence-electron chi connectivity index (χ4n) is 2.82. The van der Waals surface area contributed by atoms with Crippen LogP contribution in [0.5, 0.6) is 0 Å². The Morgan fingerprint density at radius 1 is 1.20 bits per heavy atom. The minimum atomic E-state index is -0.755. The van der Waals surface area contributed by atoms with Gasteiger partial charge in [0.2, 0.25) is 5.91 Å². The number of hydrogen-bond donors (Lipinski definition) is 0. The second kappa shape index (κ2) is 7.05. The van der Waals surface area contributed by atoms with Gasteiger partial charge < -0.3 is 9.32 Å². The van der Waals surface area contributed by atoms with Gasteiger partial charge in [0, 0.05) is 12.2 Å². The van der Waals surface area contributed by atoms with E-state index in [2.05, 4.69) is 6.07 Å². The number of carbonyl (C=O) groups is 1. The van der Waals surface area contributed by atoms with Crippen LogP contribution in [0.15, 0.2) is 63.8 Å². The molecule has 0 bridgehead atoms. The number of para-hydroxylation sites is 3. The number of aromatic nitrogens is 1. The Hall–Kier alpha value is -3.33. The minimum absolute atomic E-state index is 0.203. The number of fused-ring (bicyclic) bond motifs is 1. The quantitative estimate of drug-likeness (QED) is 0.717. The van der Waals surface area contributed by atoms with Crippen LogP contribution in [-0.4, -0.2) is 17.0 Å². The van der Waals surface area contributed by atoms with Crippen LogP contribution in [0, 0.1) is 11.3 Å². The summed E-state index contributed by atoms with van der Waals surface area (Å²) < 4.78 is 6.57. The Labute approximate surface area is 144 Å². The van der Waals surface area contributed by atoms with E-state index in [4.69, 9.17) is 9.68 Å². The van der Waals surface area contributed by atoms with Gasteiger partial charge in [-0.3, -0.25) is 9.36 Å². The van der Waals surface area contributed by atoms with Crippen LogP contribution < -0.4 is 10.7 Å². The highest BCUT2D eigenvalue weighted by Gasteiger charge is 2.26. The Morgan fingerprint density at radius 2 is 1.88 bits per heavy atom. The lowest BCUT2D eigenvalue weighted by Gasteiger charge is -2.25. The van der Waals surface area contributed by atoms with Crippen LogP contribution in [0.2, 0.25) is 0 Å². The smallest absolute Gasteiger partial charge is 0.408 e. The van der Waals surface area contributed by atoms with Crippen LogP contribution in [0.3, 0.4) is 0 Å². The molecule has 0 aliphatic rings. The Balaban J connectivity index is 2.00. The molecule has 0 spiro atoms. The van der Waals surface area contributed by atoms with Crippen molar-refractivity contribution in [2.75, 3.05) is 11.4 Å². The van der Waals surface area contributed by atoms with Crippen molar-refractivity contribution in [3.63, 3.8) is 0 Å². The molecule has 0 aliphatic carbocycles. The largest absolute Gasteiger partial charge is 0.420 e. The van der Waals surface area contributed by atoms with E-state index in [1.807, 2.05) is 18.2 Å². The lowest BCUT2D eigenvalue weighted by atomic mass is 10.2.